The summed E-state index contributed by atoms with van der Waals surface area (Å²) in [6.07, 6.45) is 7.35. The van der Waals surface area contributed by atoms with Gasteiger partial charge in [0.2, 0.25) is 0 Å². The summed E-state index contributed by atoms with van der Waals surface area (Å²) in [7, 11) is 3.19. The second-order valence-electron chi connectivity index (χ2n) is 9.67. The van der Waals surface area contributed by atoms with Crippen molar-refractivity contribution in [3.8, 4) is 11.5 Å². The van der Waals surface area contributed by atoms with Gasteiger partial charge in [-0.2, -0.15) is 0 Å². The van der Waals surface area contributed by atoms with E-state index >= 15 is 0 Å². The van der Waals surface area contributed by atoms with Crippen molar-refractivity contribution in [1.82, 2.24) is 5.32 Å². The number of hydrogen-bond acceptors (Lipinski definition) is 5. The van der Waals surface area contributed by atoms with E-state index in [2.05, 4.69) is 5.32 Å². The lowest BCUT2D eigenvalue weighted by atomic mass is 9.48. The van der Waals surface area contributed by atoms with E-state index < -0.39 is 6.10 Å². The number of ether oxygens (including phenoxy) is 2. The van der Waals surface area contributed by atoms with Crippen molar-refractivity contribution in [2.75, 3.05) is 20.8 Å². The molecule has 0 heterocycles. The number of benzene rings is 1. The predicted octanol–water partition coefficient (Wildman–Crippen LogP) is 3.89. The molecule has 160 valence electrons. The van der Waals surface area contributed by atoms with Gasteiger partial charge < -0.3 is 19.9 Å². The monoisotopic (exact) mass is 401 g/mol. The van der Waals surface area contributed by atoms with Crippen molar-refractivity contribution in [3.63, 3.8) is 0 Å². The van der Waals surface area contributed by atoms with Crippen molar-refractivity contribution in [2.24, 2.45) is 23.2 Å². The van der Waals surface area contributed by atoms with Crippen LogP contribution in [0.15, 0.2) is 18.2 Å². The lowest BCUT2D eigenvalue weighted by molar-refractivity contribution is -0.143. The Morgan fingerprint density at radius 3 is 2.24 bits per heavy atom. The maximum Gasteiger partial charge on any atom is 0.161 e. The number of hydrogen-bond donors (Lipinski definition) is 2. The van der Waals surface area contributed by atoms with Gasteiger partial charge in [0.1, 0.15) is 5.78 Å². The van der Waals surface area contributed by atoms with Crippen LogP contribution in [0.1, 0.15) is 63.5 Å². The Balaban J connectivity index is 1.31. The lowest BCUT2D eigenvalue weighted by Gasteiger charge is -2.56. The minimum absolute atomic E-state index is 0.0262. The fraction of sp³-hybridized carbons (Fsp3) is 0.708. The van der Waals surface area contributed by atoms with Gasteiger partial charge >= 0.3 is 0 Å². The molecule has 29 heavy (non-hydrogen) atoms. The fourth-order valence-electron chi connectivity index (χ4n) is 6.57. The molecule has 0 amide bonds. The van der Waals surface area contributed by atoms with Crippen LogP contribution in [0.4, 0.5) is 0 Å². The summed E-state index contributed by atoms with van der Waals surface area (Å²) in [4.78, 5) is 13.1. The van der Waals surface area contributed by atoms with Gasteiger partial charge in [-0.25, -0.2) is 0 Å². The van der Waals surface area contributed by atoms with Crippen LogP contribution >= 0.6 is 0 Å². The highest BCUT2D eigenvalue weighted by Crippen LogP contribution is 2.60. The van der Waals surface area contributed by atoms with Gasteiger partial charge in [-0.15, -0.1) is 0 Å². The third-order valence-electron chi connectivity index (χ3n) is 7.67. The van der Waals surface area contributed by atoms with E-state index in [1.165, 1.54) is 19.3 Å². The molecule has 4 saturated carbocycles. The Morgan fingerprint density at radius 1 is 1.10 bits per heavy atom. The first-order valence-corrected chi connectivity index (χ1v) is 11.1. The molecule has 4 bridgehead atoms. The number of carbonyl (C=O) groups is 1. The zero-order valence-electron chi connectivity index (χ0n) is 17.9. The summed E-state index contributed by atoms with van der Waals surface area (Å²) in [6.45, 7) is 2.57. The Kier molecular flexibility index (Phi) is 5.90. The molecule has 0 aliphatic heterocycles. The average molecular weight is 402 g/mol. The average Bonchev–Trinajstić information content (AvgIpc) is 2.71. The van der Waals surface area contributed by atoms with Crippen LogP contribution in [0.5, 0.6) is 11.5 Å². The summed E-state index contributed by atoms with van der Waals surface area (Å²) < 4.78 is 10.6. The molecule has 2 N–H and O–H groups in total. The Hall–Kier alpha value is -1.59. The smallest absolute Gasteiger partial charge is 0.161 e. The molecule has 5 nitrogen and oxygen atoms in total. The third-order valence-corrected chi connectivity index (χ3v) is 7.67. The summed E-state index contributed by atoms with van der Waals surface area (Å²) in [5, 5.41) is 14.1. The Morgan fingerprint density at radius 2 is 1.69 bits per heavy atom. The summed E-state index contributed by atoms with van der Waals surface area (Å²) in [5.74, 6) is 4.09. The van der Waals surface area contributed by atoms with Gasteiger partial charge in [-0.3, -0.25) is 4.79 Å². The van der Waals surface area contributed by atoms with E-state index in [1.54, 1.807) is 20.3 Å². The van der Waals surface area contributed by atoms with Crippen LogP contribution in [0.3, 0.4) is 0 Å². The molecule has 2 atom stereocenters. The highest BCUT2D eigenvalue weighted by molar-refractivity contribution is 5.85. The quantitative estimate of drug-likeness (QED) is 0.657. The van der Waals surface area contributed by atoms with E-state index in [1.807, 2.05) is 19.1 Å². The standard InChI is InChI=1S/C24H35NO4/c1-15(23(27)19-4-5-20(28-2)21(11-19)29-3)25-7-6-22(26)24-12-16-8-17(13-24)10-18(9-16)14-24/h4-5,11,15-18,23,25,27H,6-10,12-14H2,1-3H3. The number of Topliss-reactive ketones (excluding diaryl/α,β-unsaturated/α-hetero) is 1. The molecular formula is C24H35NO4. The van der Waals surface area contributed by atoms with Gasteiger partial charge in [0.05, 0.1) is 20.3 Å². The number of nitrogens with one attached hydrogen (secondary N) is 1. The third kappa shape index (κ3) is 4.04. The van der Waals surface area contributed by atoms with Crippen molar-refractivity contribution in [3.05, 3.63) is 23.8 Å². The molecule has 0 saturated heterocycles. The highest BCUT2D eigenvalue weighted by Gasteiger charge is 2.53. The molecule has 4 fully saturated rings. The fourth-order valence-corrected chi connectivity index (χ4v) is 6.57. The molecule has 4 aliphatic carbocycles. The number of methoxy groups -OCH3 is 2. The molecule has 1 aromatic rings. The van der Waals surface area contributed by atoms with Crippen LogP contribution < -0.4 is 14.8 Å². The molecule has 2 unspecified atom stereocenters. The first-order chi connectivity index (χ1) is 13.9. The number of rotatable bonds is 9. The van der Waals surface area contributed by atoms with Crippen molar-refractivity contribution in [2.45, 2.75) is 64.0 Å². The molecule has 5 heteroatoms. The van der Waals surface area contributed by atoms with E-state index in [0.29, 0.717) is 30.2 Å². The Labute approximate surface area is 174 Å². The number of aliphatic hydroxyl groups excluding tert-OH is 1. The second kappa shape index (κ2) is 8.27. The number of aliphatic hydroxyl groups is 1. The summed E-state index contributed by atoms with van der Waals surface area (Å²) >= 11 is 0. The summed E-state index contributed by atoms with van der Waals surface area (Å²) in [6, 6.07) is 5.31. The van der Waals surface area contributed by atoms with Gasteiger partial charge in [-0.1, -0.05) is 6.07 Å². The van der Waals surface area contributed by atoms with Crippen LogP contribution in [-0.4, -0.2) is 37.7 Å². The van der Waals surface area contributed by atoms with Crippen LogP contribution in [-0.2, 0) is 4.79 Å². The van der Waals surface area contributed by atoms with Gasteiger partial charge in [0.15, 0.2) is 11.5 Å². The minimum Gasteiger partial charge on any atom is -0.493 e. The largest absolute Gasteiger partial charge is 0.493 e. The first kappa shape index (κ1) is 20.7. The summed E-state index contributed by atoms with van der Waals surface area (Å²) in [5.41, 5.74) is 0.747. The molecule has 0 aromatic heterocycles. The Bertz CT molecular complexity index is 711. The number of carbonyl (C=O) groups excluding carboxylic acids is 1. The topological polar surface area (TPSA) is 67.8 Å². The predicted molar refractivity (Wildman–Crippen MR) is 112 cm³/mol. The zero-order chi connectivity index (χ0) is 20.6. The van der Waals surface area contributed by atoms with Crippen LogP contribution in [0.25, 0.3) is 0 Å². The van der Waals surface area contributed by atoms with E-state index in [-0.39, 0.29) is 11.5 Å². The van der Waals surface area contributed by atoms with E-state index in [4.69, 9.17) is 9.47 Å². The zero-order valence-corrected chi connectivity index (χ0v) is 17.9. The lowest BCUT2D eigenvalue weighted by Crippen LogP contribution is -2.50. The molecule has 5 rings (SSSR count). The van der Waals surface area contributed by atoms with Crippen molar-refractivity contribution < 1.29 is 19.4 Å². The van der Waals surface area contributed by atoms with Gasteiger partial charge in [-0.05, 0) is 80.9 Å². The second-order valence-corrected chi connectivity index (χ2v) is 9.67. The molecule has 0 radical (unpaired) electrons. The maximum atomic E-state index is 13.1. The first-order valence-electron chi connectivity index (χ1n) is 11.1. The number of ketones is 1. The highest BCUT2D eigenvalue weighted by atomic mass is 16.5. The molecule has 4 aliphatic rings. The minimum atomic E-state index is -0.676. The van der Waals surface area contributed by atoms with E-state index in [9.17, 15) is 9.90 Å². The van der Waals surface area contributed by atoms with Crippen molar-refractivity contribution in [1.29, 1.82) is 0 Å². The van der Waals surface area contributed by atoms with Crippen LogP contribution in [0, 0.1) is 23.2 Å². The molecule has 1 aromatic carbocycles. The SMILES string of the molecule is COc1ccc(C(O)C(C)NCCC(=O)C23CC4CC(CC(C4)C2)C3)cc1OC. The maximum absolute atomic E-state index is 13.1. The molecule has 0 spiro atoms. The van der Waals surface area contributed by atoms with Crippen molar-refractivity contribution >= 4 is 5.78 Å². The molecular weight excluding hydrogens is 366 g/mol. The van der Waals surface area contributed by atoms with Gasteiger partial charge in [0.25, 0.3) is 0 Å². The van der Waals surface area contributed by atoms with Gasteiger partial charge in [0, 0.05) is 24.4 Å². The van der Waals surface area contributed by atoms with Crippen LogP contribution in [0.2, 0.25) is 0 Å². The normalized spacial score (nSPS) is 32.1. The van der Waals surface area contributed by atoms with E-state index in [0.717, 1.165) is 42.6 Å².